The first kappa shape index (κ1) is 14.9. The molecule has 0 saturated carbocycles. The smallest absolute Gasteiger partial charge is 0.409 e. The van der Waals surface area contributed by atoms with E-state index in [0.29, 0.717) is 25.2 Å². The molecule has 2 aliphatic rings. The van der Waals surface area contributed by atoms with Crippen molar-refractivity contribution in [2.45, 2.75) is 38.3 Å². The van der Waals surface area contributed by atoms with Gasteiger partial charge in [-0.25, -0.2) is 9.78 Å². The lowest BCUT2D eigenvalue weighted by molar-refractivity contribution is 0.0662. The van der Waals surface area contributed by atoms with Gasteiger partial charge in [0.05, 0.1) is 6.54 Å². The zero-order valence-corrected chi connectivity index (χ0v) is 13.1. The molecule has 0 bridgehead atoms. The molecule has 3 rings (SSSR count). The van der Waals surface area contributed by atoms with E-state index >= 15 is 0 Å². The molecule has 22 heavy (non-hydrogen) atoms. The monoisotopic (exact) mass is 306 g/mol. The van der Waals surface area contributed by atoms with Gasteiger partial charge in [-0.1, -0.05) is 0 Å². The predicted octanol–water partition coefficient (Wildman–Crippen LogP) is 1.13. The van der Waals surface area contributed by atoms with Crippen LogP contribution >= 0.6 is 0 Å². The molecular formula is C15H22N4O3. The van der Waals surface area contributed by atoms with Crippen molar-refractivity contribution in [3.63, 3.8) is 0 Å². The quantitative estimate of drug-likeness (QED) is 0.821. The number of hydrogen-bond acceptors (Lipinski definition) is 4. The van der Waals surface area contributed by atoms with E-state index in [4.69, 9.17) is 4.74 Å². The number of aromatic nitrogens is 2. The SMILES string of the molecule is CN(C)C(=O)OC1CCN(C(=O)c2cn3c(n2)CCCC3)C1. The molecule has 0 aromatic carbocycles. The van der Waals surface area contributed by atoms with E-state index < -0.39 is 0 Å². The molecule has 1 fully saturated rings. The summed E-state index contributed by atoms with van der Waals surface area (Å²) in [6.45, 7) is 1.99. The number of hydrogen-bond donors (Lipinski definition) is 0. The van der Waals surface area contributed by atoms with Crippen molar-refractivity contribution in [1.82, 2.24) is 19.4 Å². The minimum absolute atomic E-state index is 0.0645. The standard InChI is InChI=1S/C15H22N4O3/c1-17(2)15(21)22-11-6-8-19(9-11)14(20)12-10-18-7-4-3-5-13(18)16-12/h10-11H,3-9H2,1-2H3. The molecule has 1 aromatic rings. The summed E-state index contributed by atoms with van der Waals surface area (Å²) in [6.07, 6.45) is 5.17. The summed E-state index contributed by atoms with van der Waals surface area (Å²) in [5, 5.41) is 0. The van der Waals surface area contributed by atoms with E-state index in [-0.39, 0.29) is 18.1 Å². The summed E-state index contributed by atoms with van der Waals surface area (Å²) in [6, 6.07) is 0. The van der Waals surface area contributed by atoms with Crippen LogP contribution in [0.5, 0.6) is 0 Å². The number of amides is 2. The molecule has 0 N–H and O–H groups in total. The van der Waals surface area contributed by atoms with Gasteiger partial charge < -0.3 is 19.1 Å². The average Bonchev–Trinajstić information content (AvgIpc) is 3.12. The molecule has 2 aliphatic heterocycles. The van der Waals surface area contributed by atoms with E-state index in [2.05, 4.69) is 9.55 Å². The molecule has 1 unspecified atom stereocenters. The molecule has 1 saturated heterocycles. The van der Waals surface area contributed by atoms with Crippen LogP contribution in [-0.2, 0) is 17.7 Å². The average molecular weight is 306 g/mol. The fourth-order valence-electron chi connectivity index (χ4n) is 2.93. The summed E-state index contributed by atoms with van der Waals surface area (Å²) < 4.78 is 7.42. The van der Waals surface area contributed by atoms with Gasteiger partial charge in [0.1, 0.15) is 17.6 Å². The van der Waals surface area contributed by atoms with Crippen LogP contribution in [0.1, 0.15) is 35.6 Å². The highest BCUT2D eigenvalue weighted by atomic mass is 16.6. The lowest BCUT2D eigenvalue weighted by atomic mass is 10.2. The van der Waals surface area contributed by atoms with Crippen molar-refractivity contribution in [1.29, 1.82) is 0 Å². The van der Waals surface area contributed by atoms with Gasteiger partial charge in [0.2, 0.25) is 0 Å². The molecule has 2 amide bonds. The normalized spacial score (nSPS) is 20.6. The van der Waals surface area contributed by atoms with Gasteiger partial charge in [-0.3, -0.25) is 4.79 Å². The van der Waals surface area contributed by atoms with Gasteiger partial charge >= 0.3 is 6.09 Å². The highest BCUT2D eigenvalue weighted by Gasteiger charge is 2.31. The highest BCUT2D eigenvalue weighted by Crippen LogP contribution is 2.19. The van der Waals surface area contributed by atoms with Gasteiger partial charge in [0.25, 0.3) is 5.91 Å². The Balaban J connectivity index is 1.61. The van der Waals surface area contributed by atoms with Crippen LogP contribution in [0.2, 0.25) is 0 Å². The maximum absolute atomic E-state index is 12.5. The number of likely N-dealkylation sites (tertiary alicyclic amines) is 1. The van der Waals surface area contributed by atoms with Crippen molar-refractivity contribution in [3.8, 4) is 0 Å². The molecule has 120 valence electrons. The second kappa shape index (κ2) is 5.98. The Kier molecular flexibility index (Phi) is 4.04. The lowest BCUT2D eigenvalue weighted by Gasteiger charge is -2.17. The number of carbonyl (C=O) groups is 2. The Labute approximate surface area is 129 Å². The van der Waals surface area contributed by atoms with Crippen LogP contribution in [0.15, 0.2) is 6.20 Å². The Morgan fingerprint density at radius 3 is 2.86 bits per heavy atom. The second-order valence-electron chi connectivity index (χ2n) is 6.13. The number of aryl methyl sites for hydroxylation is 2. The first-order valence-electron chi connectivity index (χ1n) is 7.78. The number of fused-ring (bicyclic) bond motifs is 1. The lowest BCUT2D eigenvalue weighted by Crippen LogP contribution is -2.33. The third-order valence-electron chi connectivity index (χ3n) is 4.19. The zero-order valence-electron chi connectivity index (χ0n) is 13.1. The van der Waals surface area contributed by atoms with Crippen LogP contribution in [0.3, 0.4) is 0 Å². The zero-order chi connectivity index (χ0) is 15.7. The van der Waals surface area contributed by atoms with E-state index in [1.807, 2.05) is 6.20 Å². The predicted molar refractivity (Wildman–Crippen MR) is 79.6 cm³/mol. The largest absolute Gasteiger partial charge is 0.444 e. The molecule has 1 aromatic heterocycles. The minimum Gasteiger partial charge on any atom is -0.444 e. The van der Waals surface area contributed by atoms with Crippen molar-refractivity contribution >= 4 is 12.0 Å². The number of rotatable bonds is 2. The summed E-state index contributed by atoms with van der Waals surface area (Å²) in [4.78, 5) is 31.7. The van der Waals surface area contributed by atoms with Crippen LogP contribution in [-0.4, -0.2) is 64.6 Å². The highest BCUT2D eigenvalue weighted by molar-refractivity contribution is 5.92. The van der Waals surface area contributed by atoms with Gasteiger partial charge in [0, 0.05) is 46.2 Å². The van der Waals surface area contributed by atoms with Crippen LogP contribution < -0.4 is 0 Å². The van der Waals surface area contributed by atoms with Gasteiger partial charge in [-0.15, -0.1) is 0 Å². The molecule has 7 heteroatoms. The summed E-state index contributed by atoms with van der Waals surface area (Å²) in [5.41, 5.74) is 0.511. The van der Waals surface area contributed by atoms with Gasteiger partial charge in [0.15, 0.2) is 0 Å². The molecule has 0 spiro atoms. The number of nitrogens with zero attached hydrogens (tertiary/aromatic N) is 4. The Morgan fingerprint density at radius 2 is 2.14 bits per heavy atom. The molecule has 1 atom stereocenters. The number of imidazole rings is 1. The van der Waals surface area contributed by atoms with Crippen molar-refractivity contribution < 1.29 is 14.3 Å². The Bertz CT molecular complexity index is 558. The van der Waals surface area contributed by atoms with E-state index in [0.717, 1.165) is 31.6 Å². The van der Waals surface area contributed by atoms with E-state index in [9.17, 15) is 9.59 Å². The van der Waals surface area contributed by atoms with E-state index in [1.165, 1.54) is 4.90 Å². The third kappa shape index (κ3) is 2.93. The fourth-order valence-corrected chi connectivity index (χ4v) is 2.93. The molecule has 0 radical (unpaired) electrons. The third-order valence-corrected chi connectivity index (χ3v) is 4.19. The summed E-state index contributed by atoms with van der Waals surface area (Å²) >= 11 is 0. The maximum atomic E-state index is 12.5. The summed E-state index contributed by atoms with van der Waals surface area (Å²) in [5.74, 6) is 0.940. The minimum atomic E-state index is -0.364. The molecular weight excluding hydrogens is 284 g/mol. The van der Waals surface area contributed by atoms with Crippen molar-refractivity contribution in [2.75, 3.05) is 27.2 Å². The first-order valence-corrected chi connectivity index (χ1v) is 7.78. The van der Waals surface area contributed by atoms with Crippen molar-refractivity contribution in [3.05, 3.63) is 17.7 Å². The van der Waals surface area contributed by atoms with E-state index in [1.54, 1.807) is 19.0 Å². The molecule has 7 nitrogen and oxygen atoms in total. The Hall–Kier alpha value is -2.05. The molecule has 3 heterocycles. The maximum Gasteiger partial charge on any atom is 0.409 e. The second-order valence-corrected chi connectivity index (χ2v) is 6.13. The van der Waals surface area contributed by atoms with Gasteiger partial charge in [-0.05, 0) is 12.8 Å². The van der Waals surface area contributed by atoms with Crippen molar-refractivity contribution in [2.24, 2.45) is 0 Å². The van der Waals surface area contributed by atoms with Crippen LogP contribution in [0.4, 0.5) is 4.79 Å². The van der Waals surface area contributed by atoms with Crippen LogP contribution in [0, 0.1) is 0 Å². The van der Waals surface area contributed by atoms with Gasteiger partial charge in [-0.2, -0.15) is 0 Å². The fraction of sp³-hybridized carbons (Fsp3) is 0.667. The summed E-state index contributed by atoms with van der Waals surface area (Å²) in [7, 11) is 3.30. The Morgan fingerprint density at radius 1 is 1.32 bits per heavy atom. The molecule has 0 aliphatic carbocycles. The first-order chi connectivity index (χ1) is 10.5. The number of ether oxygens (including phenoxy) is 1. The number of carbonyl (C=O) groups excluding carboxylic acids is 2. The van der Waals surface area contributed by atoms with Crippen LogP contribution in [0.25, 0.3) is 0 Å². The topological polar surface area (TPSA) is 67.7 Å².